The van der Waals surface area contributed by atoms with Crippen LogP contribution in [0.25, 0.3) is 0 Å². The van der Waals surface area contributed by atoms with Crippen molar-refractivity contribution in [2.45, 2.75) is 46.2 Å². The van der Waals surface area contributed by atoms with Crippen molar-refractivity contribution in [2.75, 3.05) is 16.8 Å². The highest BCUT2D eigenvalue weighted by atomic mass is 16.7. The molecule has 0 radical (unpaired) electrons. The number of rotatable bonds is 4. The van der Waals surface area contributed by atoms with Crippen molar-refractivity contribution < 1.29 is 24.2 Å². The predicted octanol–water partition coefficient (Wildman–Crippen LogP) is 5.46. The molecule has 31 heavy (non-hydrogen) atoms. The maximum Gasteiger partial charge on any atom is 0.511 e. The summed E-state index contributed by atoms with van der Waals surface area (Å²) in [6.45, 7) is 8.93. The standard InChI is InChI=1S/C24H28N2O5/c1-14(2)20-13-30-22(27)26(20)17-7-5-6-15(10-17)21-24(3,4)12-16-11-18(31-23(28)29)8-9-19(16)25-21/h5-11,14,20-21,25H,12-13H2,1-4H3,(H,28,29)/t20-,21?/m1/s1. The summed E-state index contributed by atoms with van der Waals surface area (Å²) in [4.78, 5) is 25.0. The normalized spacial score (nSPS) is 22.0. The van der Waals surface area contributed by atoms with Crippen molar-refractivity contribution in [1.82, 2.24) is 0 Å². The van der Waals surface area contributed by atoms with Crippen LogP contribution in [0, 0.1) is 11.3 Å². The second-order valence-corrected chi connectivity index (χ2v) is 9.28. The maximum absolute atomic E-state index is 12.4. The van der Waals surface area contributed by atoms with Gasteiger partial charge < -0.3 is 19.9 Å². The SMILES string of the molecule is CC(C)[C@H]1COC(=O)N1c1cccc(C2Nc3ccc(OC(=O)O)cc3CC2(C)C)c1. The van der Waals surface area contributed by atoms with Crippen molar-refractivity contribution in [2.24, 2.45) is 11.3 Å². The number of carbonyl (C=O) groups excluding carboxylic acids is 1. The van der Waals surface area contributed by atoms with Crippen molar-refractivity contribution in [3.63, 3.8) is 0 Å². The Bertz CT molecular complexity index is 1020. The molecule has 164 valence electrons. The van der Waals surface area contributed by atoms with Gasteiger partial charge in [-0.05, 0) is 59.2 Å². The average molecular weight is 424 g/mol. The second-order valence-electron chi connectivity index (χ2n) is 9.28. The van der Waals surface area contributed by atoms with Crippen LogP contribution in [0.1, 0.15) is 44.9 Å². The monoisotopic (exact) mass is 424 g/mol. The van der Waals surface area contributed by atoms with Gasteiger partial charge in [-0.25, -0.2) is 9.59 Å². The Hall–Kier alpha value is -3.22. The number of carboxylic acid groups (broad SMARTS) is 1. The van der Waals surface area contributed by atoms with E-state index in [-0.39, 0.29) is 29.5 Å². The first-order valence-corrected chi connectivity index (χ1v) is 10.5. The molecule has 0 aromatic heterocycles. The lowest BCUT2D eigenvalue weighted by atomic mass is 9.73. The van der Waals surface area contributed by atoms with Crippen molar-refractivity contribution in [3.8, 4) is 5.75 Å². The predicted molar refractivity (Wildman–Crippen MR) is 118 cm³/mol. The van der Waals surface area contributed by atoms with E-state index in [4.69, 9.17) is 14.6 Å². The van der Waals surface area contributed by atoms with Crippen molar-refractivity contribution in [3.05, 3.63) is 53.6 Å². The van der Waals surface area contributed by atoms with Gasteiger partial charge in [0.1, 0.15) is 12.4 Å². The minimum Gasteiger partial charge on any atom is -0.449 e. The van der Waals surface area contributed by atoms with E-state index in [1.54, 1.807) is 17.0 Å². The maximum atomic E-state index is 12.4. The smallest absolute Gasteiger partial charge is 0.449 e. The number of benzene rings is 2. The third-order valence-electron chi connectivity index (χ3n) is 6.17. The lowest BCUT2D eigenvalue weighted by Crippen LogP contribution is -2.38. The van der Waals surface area contributed by atoms with Gasteiger partial charge in [-0.3, -0.25) is 4.90 Å². The minimum atomic E-state index is -1.32. The van der Waals surface area contributed by atoms with Gasteiger partial charge >= 0.3 is 12.2 Å². The van der Waals surface area contributed by atoms with E-state index >= 15 is 0 Å². The van der Waals surface area contributed by atoms with Gasteiger partial charge in [-0.15, -0.1) is 0 Å². The van der Waals surface area contributed by atoms with Crippen LogP contribution in [-0.4, -0.2) is 30.0 Å². The number of cyclic esters (lactones) is 1. The third-order valence-corrected chi connectivity index (χ3v) is 6.17. The Labute approximate surface area is 182 Å². The number of fused-ring (bicyclic) bond motifs is 1. The molecule has 0 bridgehead atoms. The van der Waals surface area contributed by atoms with Crippen LogP contribution in [0.2, 0.25) is 0 Å². The Morgan fingerprint density at radius 3 is 2.74 bits per heavy atom. The quantitative estimate of drug-likeness (QED) is 0.500. The molecule has 1 amide bonds. The first-order chi connectivity index (χ1) is 14.7. The Kier molecular flexibility index (Phi) is 5.29. The van der Waals surface area contributed by atoms with Crippen LogP contribution >= 0.6 is 0 Å². The minimum absolute atomic E-state index is 0.0160. The fraction of sp³-hybridized carbons (Fsp3) is 0.417. The van der Waals surface area contributed by atoms with E-state index in [9.17, 15) is 9.59 Å². The third kappa shape index (κ3) is 4.04. The van der Waals surface area contributed by atoms with Crippen LogP contribution in [-0.2, 0) is 11.2 Å². The molecular formula is C24H28N2O5. The summed E-state index contributed by atoms with van der Waals surface area (Å²) >= 11 is 0. The summed E-state index contributed by atoms with van der Waals surface area (Å²) < 4.78 is 10.1. The van der Waals surface area contributed by atoms with Crippen LogP contribution in [0.5, 0.6) is 5.75 Å². The summed E-state index contributed by atoms with van der Waals surface area (Å²) in [6, 6.07) is 13.4. The van der Waals surface area contributed by atoms with Gasteiger partial charge in [0.2, 0.25) is 0 Å². The molecule has 2 N–H and O–H groups in total. The molecule has 2 aromatic rings. The summed E-state index contributed by atoms with van der Waals surface area (Å²) in [5, 5.41) is 12.5. The highest BCUT2D eigenvalue weighted by Gasteiger charge is 2.39. The summed E-state index contributed by atoms with van der Waals surface area (Å²) in [5.41, 5.74) is 3.73. The zero-order valence-electron chi connectivity index (χ0n) is 18.2. The first-order valence-electron chi connectivity index (χ1n) is 10.5. The topological polar surface area (TPSA) is 88.1 Å². The number of amides is 1. The number of hydrogen-bond acceptors (Lipinski definition) is 5. The fourth-order valence-electron chi connectivity index (χ4n) is 4.58. The molecule has 2 aliphatic heterocycles. The van der Waals surface area contributed by atoms with Gasteiger partial charge in [0.25, 0.3) is 0 Å². The number of anilines is 2. The fourth-order valence-corrected chi connectivity index (χ4v) is 4.58. The van der Waals surface area contributed by atoms with Crippen LogP contribution in [0.3, 0.4) is 0 Å². The highest BCUT2D eigenvalue weighted by molar-refractivity contribution is 5.90. The van der Waals surface area contributed by atoms with E-state index in [1.165, 1.54) is 0 Å². The molecule has 1 fully saturated rings. The second kappa shape index (κ2) is 7.80. The molecule has 2 heterocycles. The molecular weight excluding hydrogens is 396 g/mol. The van der Waals surface area contributed by atoms with Crippen LogP contribution in [0.4, 0.5) is 21.0 Å². The molecule has 2 atom stereocenters. The molecule has 2 aromatic carbocycles. The van der Waals surface area contributed by atoms with Gasteiger partial charge in [-0.1, -0.05) is 39.8 Å². The summed E-state index contributed by atoms with van der Waals surface area (Å²) in [7, 11) is 0. The summed E-state index contributed by atoms with van der Waals surface area (Å²) in [5.74, 6) is 0.602. The molecule has 7 nitrogen and oxygen atoms in total. The molecule has 0 spiro atoms. The first kappa shape index (κ1) is 21.0. The number of ether oxygens (including phenoxy) is 2. The van der Waals surface area contributed by atoms with E-state index in [1.807, 2.05) is 18.2 Å². The van der Waals surface area contributed by atoms with Crippen LogP contribution < -0.4 is 15.0 Å². The zero-order valence-corrected chi connectivity index (χ0v) is 18.2. The molecule has 7 heteroatoms. The molecule has 1 unspecified atom stereocenters. The number of nitrogens with one attached hydrogen (secondary N) is 1. The number of hydrogen-bond donors (Lipinski definition) is 2. The largest absolute Gasteiger partial charge is 0.511 e. The molecule has 1 saturated heterocycles. The van der Waals surface area contributed by atoms with Gasteiger partial charge in [0.05, 0.1) is 12.1 Å². The molecule has 0 saturated carbocycles. The van der Waals surface area contributed by atoms with Crippen molar-refractivity contribution in [1.29, 1.82) is 0 Å². The van der Waals surface area contributed by atoms with E-state index in [2.05, 4.69) is 45.1 Å². The molecule has 4 rings (SSSR count). The Morgan fingerprint density at radius 2 is 2.03 bits per heavy atom. The average Bonchev–Trinajstić information content (AvgIpc) is 3.08. The highest BCUT2D eigenvalue weighted by Crippen LogP contribution is 2.46. The van der Waals surface area contributed by atoms with Crippen molar-refractivity contribution >= 4 is 23.6 Å². The summed E-state index contributed by atoms with van der Waals surface area (Å²) in [6.07, 6.45) is -0.873. The Balaban J connectivity index is 1.65. The molecule has 0 aliphatic carbocycles. The van der Waals surface area contributed by atoms with Gasteiger partial charge in [-0.2, -0.15) is 0 Å². The Morgan fingerprint density at radius 1 is 1.26 bits per heavy atom. The van der Waals surface area contributed by atoms with E-state index in [0.717, 1.165) is 28.9 Å². The number of nitrogens with zero attached hydrogens (tertiary/aromatic N) is 1. The lowest BCUT2D eigenvalue weighted by Gasteiger charge is -2.41. The van der Waals surface area contributed by atoms with Crippen LogP contribution in [0.15, 0.2) is 42.5 Å². The lowest BCUT2D eigenvalue weighted by molar-refractivity contribution is 0.144. The van der Waals surface area contributed by atoms with E-state index < -0.39 is 6.16 Å². The van der Waals surface area contributed by atoms with Gasteiger partial charge in [0, 0.05) is 11.4 Å². The molecule has 2 aliphatic rings. The van der Waals surface area contributed by atoms with E-state index in [0.29, 0.717) is 12.4 Å². The van der Waals surface area contributed by atoms with Gasteiger partial charge in [0.15, 0.2) is 0 Å². The zero-order chi connectivity index (χ0) is 22.3. The number of carbonyl (C=O) groups is 2.